The number of hydrogen-bond acceptors (Lipinski definition) is 2. The molecule has 0 saturated carbocycles. The van der Waals surface area contributed by atoms with Gasteiger partial charge in [0.1, 0.15) is 5.82 Å². The fraction of sp³-hybridized carbons (Fsp3) is 0.118. The van der Waals surface area contributed by atoms with Gasteiger partial charge in [-0.2, -0.15) is 0 Å². The molecule has 3 rings (SSSR count). The SMILES string of the molecule is O=C(Nc1ccc(F)cc1)Nc1ccc(N2C=CCC2)cc1. The predicted octanol–water partition coefficient (Wildman–Crippen LogP) is 4.19. The summed E-state index contributed by atoms with van der Waals surface area (Å²) in [5, 5.41) is 5.39. The molecule has 0 radical (unpaired) electrons. The highest BCUT2D eigenvalue weighted by molar-refractivity contribution is 5.99. The Bertz CT molecular complexity index is 680. The fourth-order valence-corrected chi connectivity index (χ4v) is 2.27. The van der Waals surface area contributed by atoms with E-state index in [1.54, 1.807) is 0 Å². The Morgan fingerprint density at radius 1 is 0.955 bits per heavy atom. The molecule has 2 aromatic rings. The van der Waals surface area contributed by atoms with Crippen molar-refractivity contribution in [2.45, 2.75) is 6.42 Å². The minimum absolute atomic E-state index is 0.336. The maximum absolute atomic E-state index is 12.8. The normalized spacial score (nSPS) is 13.2. The highest BCUT2D eigenvalue weighted by Crippen LogP contribution is 2.21. The van der Waals surface area contributed by atoms with Gasteiger partial charge in [-0.1, -0.05) is 6.08 Å². The molecule has 0 saturated heterocycles. The van der Waals surface area contributed by atoms with Gasteiger partial charge in [0, 0.05) is 29.8 Å². The van der Waals surface area contributed by atoms with Crippen molar-refractivity contribution >= 4 is 23.1 Å². The number of halogens is 1. The van der Waals surface area contributed by atoms with Crippen LogP contribution in [0.25, 0.3) is 0 Å². The Morgan fingerprint density at radius 3 is 2.09 bits per heavy atom. The summed E-state index contributed by atoms with van der Waals surface area (Å²) < 4.78 is 12.8. The standard InChI is InChI=1S/C17H16FN3O/c18-13-3-5-14(6-4-13)19-17(22)20-15-7-9-16(10-8-15)21-11-1-2-12-21/h1,3-11H,2,12H2,(H2,19,20,22). The maximum Gasteiger partial charge on any atom is 0.323 e. The van der Waals surface area contributed by atoms with E-state index >= 15 is 0 Å². The lowest BCUT2D eigenvalue weighted by Crippen LogP contribution is -2.19. The number of hydrogen-bond donors (Lipinski definition) is 2. The summed E-state index contributed by atoms with van der Waals surface area (Å²) in [5.74, 6) is -0.336. The Morgan fingerprint density at radius 2 is 1.55 bits per heavy atom. The molecular weight excluding hydrogens is 281 g/mol. The van der Waals surface area contributed by atoms with Gasteiger partial charge in [0.2, 0.25) is 0 Å². The predicted molar refractivity (Wildman–Crippen MR) is 86.6 cm³/mol. The highest BCUT2D eigenvalue weighted by Gasteiger charge is 2.07. The van der Waals surface area contributed by atoms with Crippen LogP contribution in [0.5, 0.6) is 0 Å². The highest BCUT2D eigenvalue weighted by atomic mass is 19.1. The molecule has 0 spiro atoms. The van der Waals surface area contributed by atoms with Crippen LogP contribution in [-0.4, -0.2) is 12.6 Å². The van der Waals surface area contributed by atoms with Gasteiger partial charge >= 0.3 is 6.03 Å². The zero-order valence-electron chi connectivity index (χ0n) is 11.9. The van der Waals surface area contributed by atoms with Gasteiger partial charge < -0.3 is 15.5 Å². The minimum Gasteiger partial charge on any atom is -0.348 e. The van der Waals surface area contributed by atoms with Gasteiger partial charge in [-0.05, 0) is 55.0 Å². The molecule has 2 amide bonds. The molecule has 2 N–H and O–H groups in total. The van der Waals surface area contributed by atoms with E-state index in [1.807, 2.05) is 24.3 Å². The van der Waals surface area contributed by atoms with Crippen molar-refractivity contribution in [1.82, 2.24) is 0 Å². The molecule has 1 aliphatic heterocycles. The number of nitrogens with one attached hydrogen (secondary N) is 2. The van der Waals surface area contributed by atoms with Gasteiger partial charge in [0.25, 0.3) is 0 Å². The zero-order chi connectivity index (χ0) is 15.4. The third kappa shape index (κ3) is 3.44. The Balaban J connectivity index is 1.59. The van der Waals surface area contributed by atoms with Crippen LogP contribution in [0.3, 0.4) is 0 Å². The largest absolute Gasteiger partial charge is 0.348 e. The number of benzene rings is 2. The molecule has 0 aliphatic carbocycles. The first kappa shape index (κ1) is 14.1. The lowest BCUT2D eigenvalue weighted by molar-refractivity contribution is 0.262. The second-order valence-corrected chi connectivity index (χ2v) is 5.00. The number of amides is 2. The van der Waals surface area contributed by atoms with Crippen molar-refractivity contribution in [1.29, 1.82) is 0 Å². The summed E-state index contributed by atoms with van der Waals surface area (Å²) in [5.41, 5.74) is 2.34. The van der Waals surface area contributed by atoms with E-state index in [4.69, 9.17) is 0 Å². The number of carbonyl (C=O) groups is 1. The van der Waals surface area contributed by atoms with E-state index in [1.165, 1.54) is 24.3 Å². The molecule has 112 valence electrons. The molecule has 2 aromatic carbocycles. The second-order valence-electron chi connectivity index (χ2n) is 5.00. The summed E-state index contributed by atoms with van der Waals surface area (Å²) in [6.07, 6.45) is 5.24. The molecule has 0 bridgehead atoms. The third-order valence-electron chi connectivity index (χ3n) is 3.38. The molecule has 5 heteroatoms. The van der Waals surface area contributed by atoms with Gasteiger partial charge in [-0.25, -0.2) is 9.18 Å². The van der Waals surface area contributed by atoms with E-state index in [0.717, 1.165) is 18.7 Å². The van der Waals surface area contributed by atoms with Crippen LogP contribution in [0.15, 0.2) is 60.8 Å². The summed E-state index contributed by atoms with van der Waals surface area (Å²) >= 11 is 0. The van der Waals surface area contributed by atoms with Crippen molar-refractivity contribution in [3.63, 3.8) is 0 Å². The van der Waals surface area contributed by atoms with Gasteiger partial charge in [0.05, 0.1) is 0 Å². The monoisotopic (exact) mass is 297 g/mol. The van der Waals surface area contributed by atoms with Crippen LogP contribution in [0.2, 0.25) is 0 Å². The molecular formula is C17H16FN3O. The van der Waals surface area contributed by atoms with E-state index < -0.39 is 0 Å². The Hall–Kier alpha value is -2.82. The Kier molecular flexibility index (Phi) is 4.05. The lowest BCUT2D eigenvalue weighted by Gasteiger charge is -2.16. The quantitative estimate of drug-likeness (QED) is 0.892. The number of anilines is 3. The van der Waals surface area contributed by atoms with E-state index in [2.05, 4.69) is 27.8 Å². The van der Waals surface area contributed by atoms with Crippen LogP contribution < -0.4 is 15.5 Å². The van der Waals surface area contributed by atoms with Crippen LogP contribution in [-0.2, 0) is 0 Å². The maximum atomic E-state index is 12.8. The summed E-state index contributed by atoms with van der Waals surface area (Å²) in [6, 6.07) is 12.9. The summed E-state index contributed by atoms with van der Waals surface area (Å²) in [4.78, 5) is 14.0. The first-order chi connectivity index (χ1) is 10.7. The van der Waals surface area contributed by atoms with Gasteiger partial charge in [0.15, 0.2) is 0 Å². The van der Waals surface area contributed by atoms with Crippen LogP contribution in [0, 0.1) is 5.82 Å². The smallest absolute Gasteiger partial charge is 0.323 e. The Labute approximate surface area is 128 Å². The lowest BCUT2D eigenvalue weighted by atomic mass is 10.2. The van der Waals surface area contributed by atoms with Crippen LogP contribution in [0.1, 0.15) is 6.42 Å². The second kappa shape index (κ2) is 6.30. The van der Waals surface area contributed by atoms with Crippen molar-refractivity contribution < 1.29 is 9.18 Å². The minimum atomic E-state index is -0.361. The molecule has 0 fully saturated rings. The molecule has 0 aromatic heterocycles. The van der Waals surface area contributed by atoms with E-state index in [9.17, 15) is 9.18 Å². The first-order valence-corrected chi connectivity index (χ1v) is 7.08. The topological polar surface area (TPSA) is 44.4 Å². The van der Waals surface area contributed by atoms with E-state index in [-0.39, 0.29) is 11.8 Å². The molecule has 0 atom stereocenters. The van der Waals surface area contributed by atoms with Crippen LogP contribution >= 0.6 is 0 Å². The average Bonchev–Trinajstić information content (AvgIpc) is 3.05. The average molecular weight is 297 g/mol. The molecule has 1 heterocycles. The van der Waals surface area contributed by atoms with E-state index in [0.29, 0.717) is 11.4 Å². The molecule has 1 aliphatic rings. The number of carbonyl (C=O) groups excluding carboxylic acids is 1. The number of rotatable bonds is 3. The van der Waals surface area contributed by atoms with Crippen molar-refractivity contribution in [2.75, 3.05) is 22.1 Å². The third-order valence-corrected chi connectivity index (χ3v) is 3.38. The van der Waals surface area contributed by atoms with Crippen LogP contribution in [0.4, 0.5) is 26.2 Å². The number of urea groups is 1. The summed E-state index contributed by atoms with van der Waals surface area (Å²) in [7, 11) is 0. The van der Waals surface area contributed by atoms with Crippen molar-refractivity contribution in [3.8, 4) is 0 Å². The van der Waals surface area contributed by atoms with Gasteiger partial charge in [-0.3, -0.25) is 0 Å². The van der Waals surface area contributed by atoms with Crippen molar-refractivity contribution in [2.24, 2.45) is 0 Å². The molecule has 0 unspecified atom stereocenters. The van der Waals surface area contributed by atoms with Crippen molar-refractivity contribution in [3.05, 3.63) is 66.6 Å². The van der Waals surface area contributed by atoms with Gasteiger partial charge in [-0.15, -0.1) is 0 Å². The fourth-order valence-electron chi connectivity index (χ4n) is 2.27. The number of nitrogens with zero attached hydrogens (tertiary/aromatic N) is 1. The molecule has 22 heavy (non-hydrogen) atoms. The molecule has 4 nitrogen and oxygen atoms in total. The summed E-state index contributed by atoms with van der Waals surface area (Å²) in [6.45, 7) is 0.984. The zero-order valence-corrected chi connectivity index (χ0v) is 11.9. The first-order valence-electron chi connectivity index (χ1n) is 7.08.